The molecular weight excluding hydrogens is 354 g/mol. The van der Waals surface area contributed by atoms with Crippen LogP contribution >= 0.6 is 0 Å². The topological polar surface area (TPSA) is 56.8 Å². The maximum atomic E-state index is 12.3. The molecule has 5 nitrogen and oxygen atoms in total. The van der Waals surface area contributed by atoms with Crippen LogP contribution in [0.3, 0.4) is 0 Å². The first-order valence-electron chi connectivity index (χ1n) is 9.98. The smallest absolute Gasteiger partial charge is 0.251 e. The van der Waals surface area contributed by atoms with Gasteiger partial charge in [-0.15, -0.1) is 0 Å². The van der Waals surface area contributed by atoms with Gasteiger partial charge >= 0.3 is 0 Å². The molecule has 0 bridgehead atoms. The van der Waals surface area contributed by atoms with Gasteiger partial charge in [-0.05, 0) is 75.1 Å². The van der Waals surface area contributed by atoms with Gasteiger partial charge in [0.2, 0.25) is 0 Å². The van der Waals surface area contributed by atoms with Gasteiger partial charge in [-0.2, -0.15) is 0 Å². The van der Waals surface area contributed by atoms with Crippen LogP contribution in [-0.4, -0.2) is 37.9 Å². The molecule has 2 aromatic rings. The third-order valence-corrected chi connectivity index (χ3v) is 4.57. The summed E-state index contributed by atoms with van der Waals surface area (Å²) >= 11 is 0. The lowest BCUT2D eigenvalue weighted by molar-refractivity contribution is 0.0679. The largest absolute Gasteiger partial charge is 0.491 e. The molecular formula is C23H29NO4. The van der Waals surface area contributed by atoms with Crippen molar-refractivity contribution in [3.63, 3.8) is 0 Å². The fourth-order valence-corrected chi connectivity index (χ4v) is 3.10. The highest BCUT2D eigenvalue weighted by molar-refractivity contribution is 5.94. The Morgan fingerprint density at radius 2 is 1.82 bits per heavy atom. The molecule has 5 heteroatoms. The summed E-state index contributed by atoms with van der Waals surface area (Å²) in [6, 6.07) is 15.2. The Morgan fingerprint density at radius 1 is 1.11 bits per heavy atom. The third-order valence-electron chi connectivity index (χ3n) is 4.57. The van der Waals surface area contributed by atoms with Crippen molar-refractivity contribution in [3.8, 4) is 11.5 Å². The molecule has 1 aliphatic heterocycles. The molecule has 0 spiro atoms. The number of carbonyl (C=O) groups excluding carboxylic acids is 1. The monoisotopic (exact) mass is 383 g/mol. The van der Waals surface area contributed by atoms with Crippen LogP contribution in [-0.2, 0) is 11.2 Å². The quantitative estimate of drug-likeness (QED) is 0.711. The molecule has 1 N–H and O–H groups in total. The summed E-state index contributed by atoms with van der Waals surface area (Å²) in [6.45, 7) is 5.98. The van der Waals surface area contributed by atoms with E-state index in [4.69, 9.17) is 14.2 Å². The predicted molar refractivity (Wildman–Crippen MR) is 109 cm³/mol. The van der Waals surface area contributed by atoms with E-state index in [1.54, 1.807) is 12.1 Å². The number of amides is 1. The Hall–Kier alpha value is -2.53. The molecule has 1 aliphatic rings. The van der Waals surface area contributed by atoms with Gasteiger partial charge in [-0.25, -0.2) is 0 Å². The number of ether oxygens (including phenoxy) is 3. The van der Waals surface area contributed by atoms with Crippen molar-refractivity contribution in [3.05, 3.63) is 59.7 Å². The molecule has 1 amide bonds. The van der Waals surface area contributed by atoms with E-state index in [2.05, 4.69) is 5.32 Å². The third kappa shape index (κ3) is 6.27. The van der Waals surface area contributed by atoms with Crippen molar-refractivity contribution in [2.45, 2.75) is 45.3 Å². The highest BCUT2D eigenvalue weighted by Crippen LogP contribution is 2.17. The zero-order valence-corrected chi connectivity index (χ0v) is 16.6. The minimum atomic E-state index is -0.0783. The Morgan fingerprint density at radius 3 is 2.46 bits per heavy atom. The summed E-state index contributed by atoms with van der Waals surface area (Å²) in [5, 5.41) is 2.96. The molecule has 2 aromatic carbocycles. The van der Waals surface area contributed by atoms with E-state index in [0.29, 0.717) is 18.7 Å². The summed E-state index contributed by atoms with van der Waals surface area (Å²) in [6.07, 6.45) is 3.28. The van der Waals surface area contributed by atoms with Crippen molar-refractivity contribution in [2.75, 3.05) is 19.8 Å². The minimum Gasteiger partial charge on any atom is -0.491 e. The Labute approximate surface area is 167 Å². The second-order valence-electron chi connectivity index (χ2n) is 7.29. The summed E-state index contributed by atoms with van der Waals surface area (Å²) in [5.41, 5.74) is 1.79. The first-order valence-corrected chi connectivity index (χ1v) is 9.98. The van der Waals surface area contributed by atoms with Crippen LogP contribution in [0, 0.1) is 0 Å². The van der Waals surface area contributed by atoms with Crippen molar-refractivity contribution in [2.24, 2.45) is 0 Å². The van der Waals surface area contributed by atoms with Crippen LogP contribution in [0.4, 0.5) is 0 Å². The molecule has 0 aromatic heterocycles. The second-order valence-corrected chi connectivity index (χ2v) is 7.29. The number of hydrogen-bond acceptors (Lipinski definition) is 4. The summed E-state index contributed by atoms with van der Waals surface area (Å²) in [5.74, 6) is 1.55. The average molecular weight is 383 g/mol. The molecule has 0 saturated carbocycles. The first-order chi connectivity index (χ1) is 13.6. The van der Waals surface area contributed by atoms with Gasteiger partial charge in [0, 0.05) is 18.7 Å². The fourth-order valence-electron chi connectivity index (χ4n) is 3.10. The van der Waals surface area contributed by atoms with Crippen LogP contribution in [0.2, 0.25) is 0 Å². The molecule has 1 fully saturated rings. The van der Waals surface area contributed by atoms with Gasteiger partial charge in [-0.1, -0.05) is 12.1 Å². The number of carbonyl (C=O) groups is 1. The Bertz CT molecular complexity index is 734. The lowest BCUT2D eigenvalue weighted by Gasteiger charge is -2.12. The van der Waals surface area contributed by atoms with Crippen LogP contribution in [0.5, 0.6) is 11.5 Å². The second kappa shape index (κ2) is 10.1. The summed E-state index contributed by atoms with van der Waals surface area (Å²) in [7, 11) is 0. The predicted octanol–water partition coefficient (Wildman–Crippen LogP) is 4.00. The summed E-state index contributed by atoms with van der Waals surface area (Å²) in [4.78, 5) is 12.3. The zero-order chi connectivity index (χ0) is 19.8. The molecule has 150 valence electrons. The maximum Gasteiger partial charge on any atom is 0.251 e. The van der Waals surface area contributed by atoms with E-state index in [0.717, 1.165) is 42.9 Å². The first kappa shape index (κ1) is 20.2. The van der Waals surface area contributed by atoms with Gasteiger partial charge in [0.05, 0.1) is 12.2 Å². The SMILES string of the molecule is CC(C)Oc1ccc(CCNC(=O)c2ccc(OCC3CCCO3)cc2)cc1. The van der Waals surface area contributed by atoms with Crippen LogP contribution in [0.25, 0.3) is 0 Å². The molecule has 1 unspecified atom stereocenters. The van der Waals surface area contributed by atoms with Gasteiger partial charge < -0.3 is 19.5 Å². The molecule has 1 atom stereocenters. The average Bonchev–Trinajstić information content (AvgIpc) is 3.21. The van der Waals surface area contributed by atoms with Gasteiger partial charge in [-0.3, -0.25) is 4.79 Å². The lowest BCUT2D eigenvalue weighted by Crippen LogP contribution is -2.25. The highest BCUT2D eigenvalue weighted by Gasteiger charge is 2.16. The Kier molecular flexibility index (Phi) is 7.31. The summed E-state index contributed by atoms with van der Waals surface area (Å²) < 4.78 is 16.9. The van der Waals surface area contributed by atoms with Crippen LogP contribution in [0.15, 0.2) is 48.5 Å². The molecule has 3 rings (SSSR count). The van der Waals surface area contributed by atoms with E-state index in [1.807, 2.05) is 50.2 Å². The van der Waals surface area contributed by atoms with E-state index in [-0.39, 0.29) is 18.1 Å². The maximum absolute atomic E-state index is 12.3. The lowest BCUT2D eigenvalue weighted by atomic mass is 10.1. The standard InChI is InChI=1S/C23H29NO4/c1-17(2)28-21-9-5-18(6-10-21)13-14-24-23(25)19-7-11-20(12-8-19)27-16-22-4-3-15-26-22/h5-12,17,22H,3-4,13-16H2,1-2H3,(H,24,25). The molecule has 28 heavy (non-hydrogen) atoms. The van der Waals surface area contributed by atoms with Gasteiger partial charge in [0.15, 0.2) is 0 Å². The van der Waals surface area contributed by atoms with Crippen molar-refractivity contribution < 1.29 is 19.0 Å². The van der Waals surface area contributed by atoms with Crippen LogP contribution < -0.4 is 14.8 Å². The minimum absolute atomic E-state index is 0.0783. The van der Waals surface area contributed by atoms with E-state index >= 15 is 0 Å². The van der Waals surface area contributed by atoms with Crippen LogP contribution in [0.1, 0.15) is 42.6 Å². The van der Waals surface area contributed by atoms with Gasteiger partial charge in [0.25, 0.3) is 5.91 Å². The van der Waals surface area contributed by atoms with Gasteiger partial charge in [0.1, 0.15) is 18.1 Å². The number of rotatable bonds is 9. The molecule has 1 heterocycles. The highest BCUT2D eigenvalue weighted by atomic mass is 16.5. The van der Waals surface area contributed by atoms with Crippen molar-refractivity contribution in [1.29, 1.82) is 0 Å². The van der Waals surface area contributed by atoms with Crippen molar-refractivity contribution in [1.82, 2.24) is 5.32 Å². The zero-order valence-electron chi connectivity index (χ0n) is 16.6. The number of hydrogen-bond donors (Lipinski definition) is 1. The Balaban J connectivity index is 1.40. The fraction of sp³-hybridized carbons (Fsp3) is 0.435. The number of nitrogens with one attached hydrogen (secondary N) is 1. The van der Waals surface area contributed by atoms with E-state index < -0.39 is 0 Å². The van der Waals surface area contributed by atoms with E-state index in [1.165, 1.54) is 0 Å². The van der Waals surface area contributed by atoms with E-state index in [9.17, 15) is 4.79 Å². The molecule has 1 saturated heterocycles. The molecule has 0 radical (unpaired) electrons. The van der Waals surface area contributed by atoms with Crippen molar-refractivity contribution >= 4 is 5.91 Å². The normalized spacial score (nSPS) is 16.2. The molecule has 0 aliphatic carbocycles. The number of benzene rings is 2.